The van der Waals surface area contributed by atoms with E-state index in [-0.39, 0.29) is 5.82 Å². The number of aliphatic imine (C=N–C) groups is 1. The van der Waals surface area contributed by atoms with E-state index in [9.17, 15) is 4.39 Å². The maximum Gasteiger partial charge on any atom is 0.123 e. The average molecular weight is 205 g/mol. The second kappa shape index (κ2) is 4.13. The standard InChI is InChI=1S/C11H12FN3/c1-15-7-11(6-13-8-15)14-10-4-2-9(12)3-5-10/h2-7,14H,8H2,1H3. The number of halogens is 1. The maximum atomic E-state index is 12.7. The molecule has 4 heteroatoms. The lowest BCUT2D eigenvalue weighted by molar-refractivity contribution is 0.466. The Balaban J connectivity index is 2.09. The Morgan fingerprint density at radius 1 is 1.33 bits per heavy atom. The fraction of sp³-hybridized carbons (Fsp3) is 0.182. The Hall–Kier alpha value is -1.84. The quantitative estimate of drug-likeness (QED) is 0.800. The number of anilines is 1. The highest BCUT2D eigenvalue weighted by Crippen LogP contribution is 2.11. The van der Waals surface area contributed by atoms with Crippen LogP contribution in [-0.2, 0) is 0 Å². The lowest BCUT2D eigenvalue weighted by Gasteiger charge is -2.18. The fourth-order valence-corrected chi connectivity index (χ4v) is 1.34. The molecule has 1 aliphatic rings. The molecule has 0 spiro atoms. The van der Waals surface area contributed by atoms with Crippen LogP contribution < -0.4 is 5.32 Å². The molecule has 3 nitrogen and oxygen atoms in total. The van der Waals surface area contributed by atoms with Crippen molar-refractivity contribution >= 4 is 11.9 Å². The van der Waals surface area contributed by atoms with Crippen molar-refractivity contribution in [3.05, 3.63) is 42.0 Å². The van der Waals surface area contributed by atoms with Gasteiger partial charge in [0, 0.05) is 25.1 Å². The number of benzene rings is 1. The highest BCUT2D eigenvalue weighted by atomic mass is 19.1. The van der Waals surface area contributed by atoms with Crippen molar-refractivity contribution in [2.75, 3.05) is 19.0 Å². The van der Waals surface area contributed by atoms with Crippen LogP contribution in [0.25, 0.3) is 0 Å². The molecule has 1 aliphatic heterocycles. The van der Waals surface area contributed by atoms with E-state index >= 15 is 0 Å². The minimum absolute atomic E-state index is 0.232. The molecule has 2 rings (SSSR count). The van der Waals surface area contributed by atoms with Gasteiger partial charge in [0.2, 0.25) is 0 Å². The summed E-state index contributed by atoms with van der Waals surface area (Å²) in [4.78, 5) is 6.11. The summed E-state index contributed by atoms with van der Waals surface area (Å²) in [6.07, 6.45) is 3.72. The van der Waals surface area contributed by atoms with Gasteiger partial charge >= 0.3 is 0 Å². The molecule has 0 aliphatic carbocycles. The summed E-state index contributed by atoms with van der Waals surface area (Å²) in [7, 11) is 1.95. The molecule has 0 saturated heterocycles. The van der Waals surface area contributed by atoms with Crippen molar-refractivity contribution in [3.63, 3.8) is 0 Å². The minimum atomic E-state index is -0.232. The third kappa shape index (κ3) is 2.56. The van der Waals surface area contributed by atoms with Crippen molar-refractivity contribution in [3.8, 4) is 0 Å². The first-order valence-electron chi connectivity index (χ1n) is 4.68. The molecule has 0 atom stereocenters. The Labute approximate surface area is 87.9 Å². The average Bonchev–Trinajstić information content (AvgIpc) is 2.22. The van der Waals surface area contributed by atoms with E-state index in [1.165, 1.54) is 12.1 Å². The van der Waals surface area contributed by atoms with Gasteiger partial charge in [0.15, 0.2) is 0 Å². The number of rotatable bonds is 2. The monoisotopic (exact) mass is 205 g/mol. The summed E-state index contributed by atoms with van der Waals surface area (Å²) in [6, 6.07) is 6.23. The van der Waals surface area contributed by atoms with E-state index in [4.69, 9.17) is 0 Å². The van der Waals surface area contributed by atoms with E-state index in [0.29, 0.717) is 6.67 Å². The van der Waals surface area contributed by atoms with Gasteiger partial charge in [0.05, 0.1) is 5.70 Å². The largest absolute Gasteiger partial charge is 0.360 e. The third-order valence-corrected chi connectivity index (χ3v) is 2.03. The zero-order valence-electron chi connectivity index (χ0n) is 8.44. The number of hydrogen-bond acceptors (Lipinski definition) is 3. The molecule has 1 aromatic rings. The number of nitrogens with one attached hydrogen (secondary N) is 1. The summed E-state index contributed by atoms with van der Waals surface area (Å²) >= 11 is 0. The van der Waals surface area contributed by atoms with Crippen LogP contribution >= 0.6 is 0 Å². The predicted molar refractivity (Wildman–Crippen MR) is 59.2 cm³/mol. The Kier molecular flexibility index (Phi) is 2.67. The lowest BCUT2D eigenvalue weighted by Crippen LogP contribution is -2.18. The molecule has 0 amide bonds. The van der Waals surface area contributed by atoms with Gasteiger partial charge < -0.3 is 10.2 Å². The molecule has 1 heterocycles. The summed E-state index contributed by atoms with van der Waals surface area (Å²) in [5.41, 5.74) is 1.75. The smallest absolute Gasteiger partial charge is 0.123 e. The predicted octanol–water partition coefficient (Wildman–Crippen LogP) is 2.05. The van der Waals surface area contributed by atoms with Crippen LogP contribution in [0.2, 0.25) is 0 Å². The molecule has 1 N–H and O–H groups in total. The van der Waals surface area contributed by atoms with E-state index in [1.54, 1.807) is 18.3 Å². The highest BCUT2D eigenvalue weighted by molar-refractivity contribution is 5.83. The van der Waals surface area contributed by atoms with Crippen LogP contribution in [0.5, 0.6) is 0 Å². The van der Waals surface area contributed by atoms with Gasteiger partial charge in [0.1, 0.15) is 12.5 Å². The molecule has 0 bridgehead atoms. The SMILES string of the molecule is CN1C=C(Nc2ccc(F)cc2)C=NC1. The van der Waals surface area contributed by atoms with Gasteiger partial charge in [-0.25, -0.2) is 4.39 Å². The van der Waals surface area contributed by atoms with Gasteiger partial charge in [-0.05, 0) is 24.3 Å². The van der Waals surface area contributed by atoms with Crippen molar-refractivity contribution < 1.29 is 4.39 Å². The zero-order valence-corrected chi connectivity index (χ0v) is 8.44. The number of hydrogen-bond donors (Lipinski definition) is 1. The minimum Gasteiger partial charge on any atom is -0.360 e. The van der Waals surface area contributed by atoms with Gasteiger partial charge in [0.25, 0.3) is 0 Å². The van der Waals surface area contributed by atoms with Crippen LogP contribution in [0, 0.1) is 5.82 Å². The fourth-order valence-electron chi connectivity index (χ4n) is 1.34. The normalized spacial score (nSPS) is 15.1. The molecule has 78 valence electrons. The second-order valence-corrected chi connectivity index (χ2v) is 3.43. The first kappa shape index (κ1) is 9.71. The maximum absolute atomic E-state index is 12.7. The van der Waals surface area contributed by atoms with E-state index in [2.05, 4.69) is 10.3 Å². The van der Waals surface area contributed by atoms with E-state index in [0.717, 1.165) is 11.4 Å². The summed E-state index contributed by atoms with van der Waals surface area (Å²) in [5, 5.41) is 3.14. The molecule has 15 heavy (non-hydrogen) atoms. The van der Waals surface area contributed by atoms with Crippen LogP contribution in [0.1, 0.15) is 0 Å². The van der Waals surface area contributed by atoms with Gasteiger partial charge in [-0.15, -0.1) is 0 Å². The topological polar surface area (TPSA) is 27.6 Å². The Morgan fingerprint density at radius 2 is 2.07 bits per heavy atom. The molecule has 0 aromatic heterocycles. The van der Waals surface area contributed by atoms with Crippen LogP contribution in [0.4, 0.5) is 10.1 Å². The van der Waals surface area contributed by atoms with Crippen molar-refractivity contribution in [1.29, 1.82) is 0 Å². The van der Waals surface area contributed by atoms with E-state index in [1.807, 2.05) is 18.1 Å². The Bertz CT molecular complexity index is 395. The molecular weight excluding hydrogens is 193 g/mol. The third-order valence-electron chi connectivity index (χ3n) is 2.03. The van der Waals surface area contributed by atoms with Gasteiger partial charge in [-0.2, -0.15) is 0 Å². The van der Waals surface area contributed by atoms with Gasteiger partial charge in [-0.3, -0.25) is 4.99 Å². The Morgan fingerprint density at radius 3 is 2.73 bits per heavy atom. The molecule has 1 aromatic carbocycles. The highest BCUT2D eigenvalue weighted by Gasteiger charge is 2.01. The molecule has 0 radical (unpaired) electrons. The van der Waals surface area contributed by atoms with Crippen molar-refractivity contribution in [2.24, 2.45) is 4.99 Å². The first-order valence-corrected chi connectivity index (χ1v) is 4.68. The molecule has 0 saturated carbocycles. The molecule has 0 fully saturated rings. The second-order valence-electron chi connectivity index (χ2n) is 3.43. The lowest BCUT2D eigenvalue weighted by atomic mass is 10.3. The summed E-state index contributed by atoms with van der Waals surface area (Å²) in [6.45, 7) is 0.675. The summed E-state index contributed by atoms with van der Waals surface area (Å²) < 4.78 is 12.7. The molecule has 0 unspecified atom stereocenters. The summed E-state index contributed by atoms with van der Waals surface area (Å²) in [5.74, 6) is -0.232. The van der Waals surface area contributed by atoms with Crippen LogP contribution in [0.3, 0.4) is 0 Å². The van der Waals surface area contributed by atoms with E-state index < -0.39 is 0 Å². The zero-order chi connectivity index (χ0) is 10.7. The van der Waals surface area contributed by atoms with Crippen LogP contribution in [0.15, 0.2) is 41.2 Å². The number of allylic oxidation sites excluding steroid dienone is 1. The van der Waals surface area contributed by atoms with Crippen LogP contribution in [-0.4, -0.2) is 24.8 Å². The molecular formula is C11H12FN3. The first-order chi connectivity index (χ1) is 7.24. The van der Waals surface area contributed by atoms with Gasteiger partial charge in [-0.1, -0.05) is 0 Å². The van der Waals surface area contributed by atoms with Crippen molar-refractivity contribution in [2.45, 2.75) is 0 Å². The van der Waals surface area contributed by atoms with Crippen molar-refractivity contribution in [1.82, 2.24) is 4.90 Å². The number of nitrogens with zero attached hydrogens (tertiary/aromatic N) is 2.